The van der Waals surface area contributed by atoms with Crippen molar-refractivity contribution in [3.63, 3.8) is 0 Å². The third-order valence-electron chi connectivity index (χ3n) is 2.42. The highest BCUT2D eigenvalue weighted by atomic mass is 35.5. The first-order valence-electron chi connectivity index (χ1n) is 5.79. The number of hydrogen-bond acceptors (Lipinski definition) is 2. The third kappa shape index (κ3) is 4.16. The molecule has 0 unspecified atom stereocenters. The van der Waals surface area contributed by atoms with Crippen LogP contribution >= 0.6 is 11.6 Å². The number of halogens is 1. The average molecular weight is 273 g/mol. The van der Waals surface area contributed by atoms with E-state index in [1.807, 2.05) is 42.5 Å². The molecule has 0 aliphatic heterocycles. The van der Waals surface area contributed by atoms with Crippen LogP contribution in [0.2, 0.25) is 5.02 Å². The minimum atomic E-state index is -0.247. The van der Waals surface area contributed by atoms with Gasteiger partial charge in [-0.25, -0.2) is 0 Å². The summed E-state index contributed by atoms with van der Waals surface area (Å²) in [5, 5.41) is 0.551. The molecule has 2 aromatic carbocycles. The highest BCUT2D eigenvalue weighted by Gasteiger charge is 1.99. The molecule has 3 nitrogen and oxygen atoms in total. The number of anilines is 1. The molecule has 2 rings (SSSR count). The van der Waals surface area contributed by atoms with Crippen molar-refractivity contribution in [1.29, 1.82) is 0 Å². The SMILES string of the molecule is O=C(/C=C/c1ccccc1)NNc1ccccc1Cl. The number of carbonyl (C=O) groups is 1. The molecule has 0 fully saturated rings. The van der Waals surface area contributed by atoms with Crippen LogP contribution in [0.15, 0.2) is 60.7 Å². The smallest absolute Gasteiger partial charge is 0.262 e. The zero-order valence-corrected chi connectivity index (χ0v) is 10.9. The van der Waals surface area contributed by atoms with Gasteiger partial charge < -0.3 is 0 Å². The standard InChI is InChI=1S/C15H13ClN2O/c16-13-8-4-5-9-14(13)17-18-15(19)11-10-12-6-2-1-3-7-12/h1-11,17H,(H,18,19)/b11-10+. The van der Waals surface area contributed by atoms with Gasteiger partial charge in [-0.05, 0) is 23.8 Å². The molecule has 0 heterocycles. The molecule has 1 amide bonds. The molecule has 0 bridgehead atoms. The van der Waals surface area contributed by atoms with E-state index in [9.17, 15) is 4.79 Å². The molecular formula is C15H13ClN2O. The molecular weight excluding hydrogens is 260 g/mol. The van der Waals surface area contributed by atoms with Crippen LogP contribution in [0.25, 0.3) is 6.08 Å². The maximum absolute atomic E-state index is 11.6. The monoisotopic (exact) mass is 272 g/mol. The fraction of sp³-hybridized carbons (Fsp3) is 0. The van der Waals surface area contributed by atoms with Crippen LogP contribution in [0.1, 0.15) is 5.56 Å². The number of hydrazine groups is 1. The molecule has 0 aliphatic carbocycles. The van der Waals surface area contributed by atoms with Crippen molar-refractivity contribution in [2.24, 2.45) is 0 Å². The van der Waals surface area contributed by atoms with E-state index in [0.717, 1.165) is 5.56 Å². The van der Waals surface area contributed by atoms with Gasteiger partial charge in [0, 0.05) is 6.08 Å². The van der Waals surface area contributed by atoms with Crippen molar-refractivity contribution in [3.05, 3.63) is 71.3 Å². The van der Waals surface area contributed by atoms with Gasteiger partial charge in [0.2, 0.25) is 0 Å². The highest BCUT2D eigenvalue weighted by molar-refractivity contribution is 6.33. The molecule has 4 heteroatoms. The molecule has 2 aromatic rings. The molecule has 0 atom stereocenters. The third-order valence-corrected chi connectivity index (χ3v) is 2.75. The molecule has 0 saturated carbocycles. The summed E-state index contributed by atoms with van der Waals surface area (Å²) in [6, 6.07) is 16.8. The zero-order chi connectivity index (χ0) is 13.5. The molecule has 0 aromatic heterocycles. The Labute approximate surface area is 116 Å². The van der Waals surface area contributed by atoms with E-state index in [2.05, 4.69) is 10.9 Å². The van der Waals surface area contributed by atoms with Crippen molar-refractivity contribution < 1.29 is 4.79 Å². The summed E-state index contributed by atoms with van der Waals surface area (Å²) in [5.74, 6) is -0.247. The number of benzene rings is 2. The minimum absolute atomic E-state index is 0.247. The quantitative estimate of drug-likeness (QED) is 0.661. The van der Waals surface area contributed by atoms with Crippen LogP contribution in [-0.4, -0.2) is 5.91 Å². The lowest BCUT2D eigenvalue weighted by atomic mass is 10.2. The van der Waals surface area contributed by atoms with Gasteiger partial charge in [-0.1, -0.05) is 54.1 Å². The van der Waals surface area contributed by atoms with Crippen LogP contribution < -0.4 is 10.9 Å². The molecule has 0 aliphatic rings. The van der Waals surface area contributed by atoms with Crippen molar-refractivity contribution in [2.45, 2.75) is 0 Å². The van der Waals surface area contributed by atoms with Gasteiger partial charge in [-0.2, -0.15) is 0 Å². The lowest BCUT2D eigenvalue weighted by Gasteiger charge is -2.07. The molecule has 0 saturated heterocycles. The summed E-state index contributed by atoms with van der Waals surface area (Å²) in [6.45, 7) is 0. The number of amides is 1. The van der Waals surface area contributed by atoms with Crippen molar-refractivity contribution in [2.75, 3.05) is 5.43 Å². The van der Waals surface area contributed by atoms with E-state index < -0.39 is 0 Å². The van der Waals surface area contributed by atoms with E-state index in [0.29, 0.717) is 10.7 Å². The molecule has 96 valence electrons. The van der Waals surface area contributed by atoms with Crippen LogP contribution in [0.5, 0.6) is 0 Å². The summed E-state index contributed by atoms with van der Waals surface area (Å²) in [5.41, 5.74) is 6.94. The summed E-state index contributed by atoms with van der Waals surface area (Å²) in [6.07, 6.45) is 3.20. The van der Waals surface area contributed by atoms with Gasteiger partial charge in [0.15, 0.2) is 0 Å². The Morgan fingerprint density at radius 3 is 2.42 bits per heavy atom. The van der Waals surface area contributed by atoms with E-state index in [1.54, 1.807) is 18.2 Å². The second-order valence-corrected chi connectivity index (χ2v) is 4.25. The van der Waals surface area contributed by atoms with E-state index in [-0.39, 0.29) is 5.91 Å². The maximum Gasteiger partial charge on any atom is 0.262 e. The number of carbonyl (C=O) groups excluding carboxylic acids is 1. The second kappa shape index (κ2) is 6.61. The largest absolute Gasteiger partial charge is 0.297 e. The Kier molecular flexibility index (Phi) is 4.59. The first-order chi connectivity index (χ1) is 9.25. The van der Waals surface area contributed by atoms with Crippen LogP contribution in [-0.2, 0) is 4.79 Å². The van der Waals surface area contributed by atoms with E-state index >= 15 is 0 Å². The summed E-state index contributed by atoms with van der Waals surface area (Å²) in [4.78, 5) is 11.6. The predicted octanol–water partition coefficient (Wildman–Crippen LogP) is 3.50. The Morgan fingerprint density at radius 1 is 1.00 bits per heavy atom. The van der Waals surface area contributed by atoms with Crippen molar-refractivity contribution in [3.8, 4) is 0 Å². The minimum Gasteiger partial charge on any atom is -0.297 e. The van der Waals surface area contributed by atoms with E-state index in [1.165, 1.54) is 6.08 Å². The number of nitrogens with one attached hydrogen (secondary N) is 2. The topological polar surface area (TPSA) is 41.1 Å². The number of rotatable bonds is 4. The zero-order valence-electron chi connectivity index (χ0n) is 10.1. The van der Waals surface area contributed by atoms with Crippen LogP contribution in [0.4, 0.5) is 5.69 Å². The summed E-state index contributed by atoms with van der Waals surface area (Å²) in [7, 11) is 0. The highest BCUT2D eigenvalue weighted by Crippen LogP contribution is 2.19. The average Bonchev–Trinajstić information content (AvgIpc) is 2.45. The van der Waals surface area contributed by atoms with Gasteiger partial charge in [-0.15, -0.1) is 0 Å². The van der Waals surface area contributed by atoms with Gasteiger partial charge >= 0.3 is 0 Å². The maximum atomic E-state index is 11.6. The lowest BCUT2D eigenvalue weighted by Crippen LogP contribution is -2.27. The van der Waals surface area contributed by atoms with Crippen LogP contribution in [0, 0.1) is 0 Å². The summed E-state index contributed by atoms with van der Waals surface area (Å²) >= 11 is 5.95. The summed E-state index contributed by atoms with van der Waals surface area (Å²) < 4.78 is 0. The van der Waals surface area contributed by atoms with Gasteiger partial charge in [-0.3, -0.25) is 15.6 Å². The van der Waals surface area contributed by atoms with Crippen molar-refractivity contribution in [1.82, 2.24) is 5.43 Å². The van der Waals surface area contributed by atoms with Gasteiger partial charge in [0.1, 0.15) is 0 Å². The molecule has 0 spiro atoms. The fourth-order valence-corrected chi connectivity index (χ4v) is 1.65. The Morgan fingerprint density at radius 2 is 1.68 bits per heavy atom. The van der Waals surface area contributed by atoms with Crippen molar-refractivity contribution >= 4 is 29.3 Å². The number of para-hydroxylation sites is 1. The second-order valence-electron chi connectivity index (χ2n) is 3.84. The Hall–Kier alpha value is -2.26. The Balaban J connectivity index is 1.89. The van der Waals surface area contributed by atoms with Crippen LogP contribution in [0.3, 0.4) is 0 Å². The van der Waals surface area contributed by atoms with Gasteiger partial charge in [0.25, 0.3) is 5.91 Å². The van der Waals surface area contributed by atoms with Gasteiger partial charge in [0.05, 0.1) is 10.7 Å². The van der Waals surface area contributed by atoms with E-state index in [4.69, 9.17) is 11.6 Å². The predicted molar refractivity (Wildman–Crippen MR) is 78.7 cm³/mol. The normalized spacial score (nSPS) is 10.4. The fourth-order valence-electron chi connectivity index (χ4n) is 1.47. The number of hydrogen-bond donors (Lipinski definition) is 2. The Bertz CT molecular complexity index is 582. The lowest BCUT2D eigenvalue weighted by molar-refractivity contribution is -0.115. The molecule has 2 N–H and O–H groups in total. The first-order valence-corrected chi connectivity index (χ1v) is 6.17. The molecule has 19 heavy (non-hydrogen) atoms. The molecule has 0 radical (unpaired) electrons. The first kappa shape index (κ1) is 13.2.